The first-order chi connectivity index (χ1) is 8.01. The minimum Gasteiger partial charge on any atom is -0.481 e. The Kier molecular flexibility index (Phi) is 5.37. The molecule has 98 valence electrons. The number of likely N-dealkylation sites (tertiary alicyclic amines) is 1. The molecule has 0 radical (unpaired) electrons. The number of carbonyl (C=O) groups is 2. The zero-order valence-corrected chi connectivity index (χ0v) is 10.2. The molecule has 17 heavy (non-hydrogen) atoms. The normalized spacial score (nSPS) is 25.5. The molecular weight excluding hydrogens is 222 g/mol. The highest BCUT2D eigenvalue weighted by Crippen LogP contribution is 2.19. The van der Waals surface area contributed by atoms with Gasteiger partial charge in [-0.05, 0) is 12.3 Å². The summed E-state index contributed by atoms with van der Waals surface area (Å²) in [5.41, 5.74) is 5.51. The van der Waals surface area contributed by atoms with Crippen molar-refractivity contribution in [3.8, 4) is 0 Å². The standard InChI is InChI=1S/C11H21N3O3/c1-8(15)13-10-4-9(5-11(16)17)6-14(7-10)3-2-12/h9-10H,2-7,12H2,1H3,(H,13,15)(H,16,17). The van der Waals surface area contributed by atoms with Crippen molar-refractivity contribution >= 4 is 11.9 Å². The maximum Gasteiger partial charge on any atom is 0.303 e. The van der Waals surface area contributed by atoms with Crippen LogP contribution in [0, 0.1) is 5.92 Å². The second kappa shape index (κ2) is 6.56. The highest BCUT2D eigenvalue weighted by Gasteiger charge is 2.28. The van der Waals surface area contributed by atoms with Gasteiger partial charge in [0.15, 0.2) is 0 Å². The Bertz CT molecular complexity index is 259. The van der Waals surface area contributed by atoms with Gasteiger partial charge in [-0.2, -0.15) is 0 Å². The van der Waals surface area contributed by atoms with Crippen LogP contribution >= 0.6 is 0 Å². The Morgan fingerprint density at radius 2 is 2.18 bits per heavy atom. The monoisotopic (exact) mass is 243 g/mol. The van der Waals surface area contributed by atoms with Crippen LogP contribution in [0.5, 0.6) is 0 Å². The summed E-state index contributed by atoms with van der Waals surface area (Å²) in [6.45, 7) is 4.28. The number of amides is 1. The van der Waals surface area contributed by atoms with Gasteiger partial charge in [-0.3, -0.25) is 14.5 Å². The number of carbonyl (C=O) groups excluding carboxylic acids is 1. The molecule has 1 heterocycles. The van der Waals surface area contributed by atoms with Crippen molar-refractivity contribution in [3.63, 3.8) is 0 Å². The molecular formula is C11H21N3O3. The quantitative estimate of drug-likeness (QED) is 0.590. The van der Waals surface area contributed by atoms with Crippen molar-refractivity contribution in [3.05, 3.63) is 0 Å². The van der Waals surface area contributed by atoms with Crippen LogP contribution in [-0.4, -0.2) is 54.1 Å². The number of hydrogen-bond donors (Lipinski definition) is 3. The van der Waals surface area contributed by atoms with Crippen LogP contribution in [0.1, 0.15) is 19.8 Å². The molecule has 6 nitrogen and oxygen atoms in total. The van der Waals surface area contributed by atoms with Crippen LogP contribution in [0.2, 0.25) is 0 Å². The minimum atomic E-state index is -0.786. The lowest BCUT2D eigenvalue weighted by Gasteiger charge is -2.37. The maximum atomic E-state index is 11.0. The number of piperidine rings is 1. The average Bonchev–Trinajstić information content (AvgIpc) is 2.14. The van der Waals surface area contributed by atoms with Gasteiger partial charge in [0.1, 0.15) is 0 Å². The highest BCUT2D eigenvalue weighted by atomic mass is 16.4. The number of carboxylic acid groups (broad SMARTS) is 1. The van der Waals surface area contributed by atoms with Gasteiger partial charge >= 0.3 is 5.97 Å². The van der Waals surface area contributed by atoms with Crippen LogP contribution < -0.4 is 11.1 Å². The third-order valence-corrected chi connectivity index (χ3v) is 2.93. The minimum absolute atomic E-state index is 0.0390. The van der Waals surface area contributed by atoms with Crippen molar-refractivity contribution in [2.24, 2.45) is 11.7 Å². The summed E-state index contributed by atoms with van der Waals surface area (Å²) >= 11 is 0. The maximum absolute atomic E-state index is 11.0. The molecule has 1 saturated heterocycles. The van der Waals surface area contributed by atoms with Crippen LogP contribution in [0.25, 0.3) is 0 Å². The van der Waals surface area contributed by atoms with Gasteiger partial charge in [-0.15, -0.1) is 0 Å². The SMILES string of the molecule is CC(=O)NC1CC(CC(=O)O)CN(CCN)C1. The first-order valence-electron chi connectivity index (χ1n) is 5.92. The van der Waals surface area contributed by atoms with Gasteiger partial charge in [0.05, 0.1) is 0 Å². The summed E-state index contributed by atoms with van der Waals surface area (Å²) in [7, 11) is 0. The highest BCUT2D eigenvalue weighted by molar-refractivity contribution is 5.73. The zero-order chi connectivity index (χ0) is 12.8. The molecule has 1 amide bonds. The molecule has 6 heteroatoms. The molecule has 0 spiro atoms. The fraction of sp³-hybridized carbons (Fsp3) is 0.818. The van der Waals surface area contributed by atoms with Crippen molar-refractivity contribution in [2.75, 3.05) is 26.2 Å². The van der Waals surface area contributed by atoms with Crippen LogP contribution in [0.3, 0.4) is 0 Å². The third-order valence-electron chi connectivity index (χ3n) is 2.93. The van der Waals surface area contributed by atoms with E-state index in [2.05, 4.69) is 10.2 Å². The summed E-state index contributed by atoms with van der Waals surface area (Å²) in [6, 6.07) is 0.0390. The van der Waals surface area contributed by atoms with Crippen molar-refractivity contribution < 1.29 is 14.7 Å². The van der Waals surface area contributed by atoms with E-state index in [4.69, 9.17) is 10.8 Å². The first-order valence-corrected chi connectivity index (χ1v) is 5.92. The fourth-order valence-corrected chi connectivity index (χ4v) is 2.45. The summed E-state index contributed by atoms with van der Waals surface area (Å²) in [5, 5.41) is 11.7. The van der Waals surface area contributed by atoms with Gasteiger partial charge in [0.25, 0.3) is 0 Å². The molecule has 0 aromatic rings. The van der Waals surface area contributed by atoms with E-state index in [9.17, 15) is 9.59 Å². The van der Waals surface area contributed by atoms with Crippen molar-refractivity contribution in [1.29, 1.82) is 0 Å². The van der Waals surface area contributed by atoms with Crippen molar-refractivity contribution in [1.82, 2.24) is 10.2 Å². The van der Waals surface area contributed by atoms with E-state index in [1.807, 2.05) is 0 Å². The molecule has 1 aliphatic rings. The molecule has 0 saturated carbocycles. The predicted molar refractivity (Wildman–Crippen MR) is 63.5 cm³/mol. The Hall–Kier alpha value is -1.14. The summed E-state index contributed by atoms with van der Waals surface area (Å²) in [6.07, 6.45) is 0.879. The number of rotatable bonds is 5. The summed E-state index contributed by atoms with van der Waals surface area (Å²) in [4.78, 5) is 23.9. The van der Waals surface area contributed by atoms with Crippen LogP contribution in [-0.2, 0) is 9.59 Å². The van der Waals surface area contributed by atoms with Crippen LogP contribution in [0.4, 0.5) is 0 Å². The Balaban J connectivity index is 2.55. The molecule has 0 aromatic carbocycles. The molecule has 0 aromatic heterocycles. The van der Waals surface area contributed by atoms with E-state index >= 15 is 0 Å². The average molecular weight is 243 g/mol. The summed E-state index contributed by atoms with van der Waals surface area (Å²) in [5.74, 6) is -0.769. The van der Waals surface area contributed by atoms with Gasteiger partial charge < -0.3 is 16.2 Å². The van der Waals surface area contributed by atoms with E-state index in [1.54, 1.807) is 0 Å². The first kappa shape index (κ1) is 13.9. The fourth-order valence-electron chi connectivity index (χ4n) is 2.45. The van der Waals surface area contributed by atoms with E-state index in [-0.39, 0.29) is 24.3 Å². The van der Waals surface area contributed by atoms with Crippen LogP contribution in [0.15, 0.2) is 0 Å². The largest absolute Gasteiger partial charge is 0.481 e. The molecule has 0 bridgehead atoms. The summed E-state index contributed by atoms with van der Waals surface area (Å²) < 4.78 is 0. The lowest BCUT2D eigenvalue weighted by atomic mass is 9.91. The van der Waals surface area contributed by atoms with Gasteiger partial charge in [0, 0.05) is 45.6 Å². The number of aliphatic carboxylic acids is 1. The molecule has 0 aliphatic carbocycles. The molecule has 2 atom stereocenters. The Morgan fingerprint density at radius 3 is 2.71 bits per heavy atom. The van der Waals surface area contributed by atoms with E-state index in [1.165, 1.54) is 6.92 Å². The molecule has 1 fully saturated rings. The van der Waals surface area contributed by atoms with E-state index < -0.39 is 5.97 Å². The predicted octanol–water partition coefficient (Wildman–Crippen LogP) is -0.754. The molecule has 1 rings (SSSR count). The smallest absolute Gasteiger partial charge is 0.303 e. The Labute approximate surface area is 101 Å². The molecule has 1 aliphatic heterocycles. The van der Waals surface area contributed by atoms with Crippen molar-refractivity contribution in [2.45, 2.75) is 25.8 Å². The third kappa shape index (κ3) is 5.14. The second-order valence-electron chi connectivity index (χ2n) is 4.65. The lowest BCUT2D eigenvalue weighted by Crippen LogP contribution is -2.51. The number of hydrogen-bond acceptors (Lipinski definition) is 4. The Morgan fingerprint density at radius 1 is 1.47 bits per heavy atom. The van der Waals surface area contributed by atoms with Gasteiger partial charge in [0.2, 0.25) is 5.91 Å². The number of nitrogens with zero attached hydrogens (tertiary/aromatic N) is 1. The number of nitrogens with two attached hydrogens (primary N) is 1. The second-order valence-corrected chi connectivity index (χ2v) is 4.65. The van der Waals surface area contributed by atoms with Gasteiger partial charge in [-0.25, -0.2) is 0 Å². The number of nitrogens with one attached hydrogen (secondary N) is 1. The van der Waals surface area contributed by atoms with Gasteiger partial charge in [-0.1, -0.05) is 0 Å². The lowest BCUT2D eigenvalue weighted by molar-refractivity contribution is -0.138. The molecule has 2 unspecified atom stereocenters. The van der Waals surface area contributed by atoms with E-state index in [0.717, 1.165) is 26.1 Å². The topological polar surface area (TPSA) is 95.7 Å². The number of carboxylic acids is 1. The van der Waals surface area contributed by atoms with E-state index in [0.29, 0.717) is 6.54 Å². The molecule has 4 N–H and O–H groups in total. The zero-order valence-electron chi connectivity index (χ0n) is 10.2.